The number of aromatic nitrogens is 3. The average Bonchev–Trinajstić information content (AvgIpc) is 3.79. The summed E-state index contributed by atoms with van der Waals surface area (Å²) in [6.45, 7) is 6.05. The van der Waals surface area contributed by atoms with Crippen molar-refractivity contribution in [3.05, 3.63) is 30.0 Å². The molecule has 1 saturated heterocycles. The normalized spacial score (nSPS) is 22.3. The van der Waals surface area contributed by atoms with Crippen LogP contribution in [-0.4, -0.2) is 58.6 Å². The number of carbonyl (C=O) groups is 1. The topological polar surface area (TPSA) is 92.5 Å². The van der Waals surface area contributed by atoms with Gasteiger partial charge < -0.3 is 20.1 Å². The Morgan fingerprint density at radius 2 is 1.85 bits per heavy atom. The van der Waals surface area contributed by atoms with Crippen LogP contribution in [0.15, 0.2) is 24.4 Å². The summed E-state index contributed by atoms with van der Waals surface area (Å²) in [6, 6.07) is 5.61. The Morgan fingerprint density at radius 3 is 2.44 bits per heavy atom. The van der Waals surface area contributed by atoms with Crippen molar-refractivity contribution in [2.45, 2.75) is 64.3 Å². The lowest BCUT2D eigenvalue weighted by Crippen LogP contribution is -2.40. The Labute approximate surface area is 201 Å². The number of fused-ring (bicyclic) bond motifs is 1. The number of amides is 1. The van der Waals surface area contributed by atoms with Gasteiger partial charge in [-0.3, -0.25) is 4.79 Å². The highest BCUT2D eigenvalue weighted by molar-refractivity contribution is 5.99. The van der Waals surface area contributed by atoms with Crippen LogP contribution in [0.2, 0.25) is 0 Å². The summed E-state index contributed by atoms with van der Waals surface area (Å²) in [7, 11) is 2.66. The molecule has 4 fully saturated rings. The van der Waals surface area contributed by atoms with E-state index < -0.39 is 0 Å². The molecular formula is C26H37N5O3. The zero-order chi connectivity index (χ0) is 24.1. The smallest absolute Gasteiger partial charge is 0.254 e. The highest BCUT2D eigenvalue weighted by Gasteiger charge is 2.85. The van der Waals surface area contributed by atoms with Gasteiger partial charge in [0, 0.05) is 38.5 Å². The van der Waals surface area contributed by atoms with Crippen molar-refractivity contribution in [2.75, 3.05) is 32.2 Å². The van der Waals surface area contributed by atoms with Crippen LogP contribution in [-0.2, 0) is 0 Å². The molecule has 0 aromatic carbocycles. The first kappa shape index (κ1) is 23.1. The number of anilines is 1. The third-order valence-electron chi connectivity index (χ3n) is 8.76. The van der Waals surface area contributed by atoms with Crippen LogP contribution < -0.4 is 15.0 Å². The van der Waals surface area contributed by atoms with Gasteiger partial charge in [-0.15, -0.1) is 5.10 Å². The first-order valence-corrected chi connectivity index (χ1v) is 12.5. The molecule has 6 rings (SSSR count). The van der Waals surface area contributed by atoms with E-state index in [0.29, 0.717) is 17.3 Å². The van der Waals surface area contributed by atoms with Gasteiger partial charge in [0.05, 0.1) is 12.2 Å². The first-order chi connectivity index (χ1) is 16.4. The lowest BCUT2D eigenvalue weighted by molar-refractivity contribution is 0.0963. The van der Waals surface area contributed by atoms with Crippen LogP contribution in [0.5, 0.6) is 5.88 Å². The van der Waals surface area contributed by atoms with Gasteiger partial charge in [0.1, 0.15) is 5.82 Å². The van der Waals surface area contributed by atoms with E-state index in [1.165, 1.54) is 25.7 Å². The molecule has 3 saturated carbocycles. The second-order valence-electron chi connectivity index (χ2n) is 10.8. The maximum Gasteiger partial charge on any atom is 0.254 e. The van der Waals surface area contributed by atoms with Crippen molar-refractivity contribution in [3.8, 4) is 11.7 Å². The fourth-order valence-electron chi connectivity index (χ4n) is 6.73. The minimum absolute atomic E-state index is 0.0343. The minimum Gasteiger partial charge on any atom is -0.477 e. The molecule has 8 heteroatoms. The average molecular weight is 468 g/mol. The van der Waals surface area contributed by atoms with E-state index in [4.69, 9.17) is 14.8 Å². The SMILES string of the molecule is CNC(=O)c1ccc(-n2ccc(OCCC3C4(CC4)C34CC4)n2)nc1N1CCCC1(C)C.CO. The lowest BCUT2D eigenvalue weighted by atomic mass is 10.0. The molecule has 2 N–H and O–H groups in total. The van der Waals surface area contributed by atoms with Gasteiger partial charge in [0.2, 0.25) is 5.88 Å². The van der Waals surface area contributed by atoms with Crippen LogP contribution in [0, 0.1) is 16.7 Å². The third kappa shape index (κ3) is 3.58. The number of aliphatic hydroxyl groups excluding tert-OH is 1. The second kappa shape index (κ2) is 8.26. The molecule has 184 valence electrons. The summed E-state index contributed by atoms with van der Waals surface area (Å²) in [6.07, 6.45) is 11.0. The maximum atomic E-state index is 12.5. The molecule has 0 bridgehead atoms. The molecule has 0 unspecified atom stereocenters. The van der Waals surface area contributed by atoms with Crippen LogP contribution in [0.3, 0.4) is 0 Å². The Kier molecular flexibility index (Phi) is 5.62. The van der Waals surface area contributed by atoms with Crippen molar-refractivity contribution in [2.24, 2.45) is 16.7 Å². The van der Waals surface area contributed by atoms with Gasteiger partial charge in [0.25, 0.3) is 5.91 Å². The van der Waals surface area contributed by atoms with E-state index in [0.717, 1.165) is 62.1 Å². The van der Waals surface area contributed by atoms with E-state index in [-0.39, 0.29) is 11.4 Å². The number of pyridine rings is 1. The summed E-state index contributed by atoms with van der Waals surface area (Å²) < 4.78 is 7.76. The molecule has 2 aromatic heterocycles. The Morgan fingerprint density at radius 1 is 1.15 bits per heavy atom. The van der Waals surface area contributed by atoms with Gasteiger partial charge in [0.15, 0.2) is 5.82 Å². The van der Waals surface area contributed by atoms with Crippen LogP contribution in [0.25, 0.3) is 5.82 Å². The predicted molar refractivity (Wildman–Crippen MR) is 130 cm³/mol. The van der Waals surface area contributed by atoms with Gasteiger partial charge in [-0.25, -0.2) is 9.67 Å². The maximum absolute atomic E-state index is 12.5. The molecule has 0 radical (unpaired) electrons. The van der Waals surface area contributed by atoms with Crippen LogP contribution in [0.4, 0.5) is 5.82 Å². The molecule has 8 nitrogen and oxygen atoms in total. The molecule has 1 amide bonds. The number of carbonyl (C=O) groups excluding carboxylic acids is 1. The van der Waals surface area contributed by atoms with Crippen molar-refractivity contribution in [3.63, 3.8) is 0 Å². The molecular weight excluding hydrogens is 430 g/mol. The molecule has 3 aliphatic carbocycles. The van der Waals surface area contributed by atoms with Crippen LogP contribution >= 0.6 is 0 Å². The molecule has 0 atom stereocenters. The number of aliphatic hydroxyl groups is 1. The standard InChI is InChI=1S/C25H33N5O2.CH4O/c1-23(2)9-4-14-29(23)21-17(22(31)26-3)5-6-19(27-21)30-15-7-20(28-30)32-16-8-18-24(10-11-24)25(18)12-13-25;1-2/h5-7,15,18H,4,8-14,16H2,1-3H3,(H,26,31);2H,1H3. The monoisotopic (exact) mass is 467 g/mol. The number of rotatable bonds is 7. The molecule has 34 heavy (non-hydrogen) atoms. The number of ether oxygens (including phenoxy) is 1. The number of nitrogens with one attached hydrogen (secondary N) is 1. The predicted octanol–water partition coefficient (Wildman–Crippen LogP) is 3.57. The zero-order valence-electron chi connectivity index (χ0n) is 20.8. The van der Waals surface area contributed by atoms with Crippen molar-refractivity contribution < 1.29 is 14.6 Å². The fourth-order valence-corrected chi connectivity index (χ4v) is 6.73. The highest BCUT2D eigenvalue weighted by Crippen LogP contribution is 2.93. The lowest BCUT2D eigenvalue weighted by Gasteiger charge is -2.34. The molecule has 2 aromatic rings. The Balaban J connectivity index is 0.00000117. The Hall–Kier alpha value is -2.61. The first-order valence-electron chi connectivity index (χ1n) is 12.5. The molecule has 2 spiro atoms. The number of hydrogen-bond acceptors (Lipinski definition) is 6. The van der Waals surface area contributed by atoms with E-state index in [1.807, 2.05) is 24.4 Å². The van der Waals surface area contributed by atoms with Crippen molar-refractivity contribution >= 4 is 11.7 Å². The van der Waals surface area contributed by atoms with Crippen molar-refractivity contribution in [1.82, 2.24) is 20.1 Å². The molecule has 3 heterocycles. The summed E-state index contributed by atoms with van der Waals surface area (Å²) in [5.74, 6) is 2.83. The quantitative estimate of drug-likeness (QED) is 0.647. The fraction of sp³-hybridized carbons (Fsp3) is 0.654. The number of hydrogen-bond donors (Lipinski definition) is 2. The van der Waals surface area contributed by atoms with E-state index in [2.05, 4.69) is 29.2 Å². The molecule has 4 aliphatic rings. The summed E-state index contributed by atoms with van der Waals surface area (Å²) in [5.41, 5.74) is 2.02. The van der Waals surface area contributed by atoms with Gasteiger partial charge in [-0.1, -0.05) is 0 Å². The summed E-state index contributed by atoms with van der Waals surface area (Å²) in [4.78, 5) is 19.6. The summed E-state index contributed by atoms with van der Waals surface area (Å²) in [5, 5.41) is 14.4. The highest BCUT2D eigenvalue weighted by atomic mass is 16.5. The van der Waals surface area contributed by atoms with E-state index in [1.54, 1.807) is 11.7 Å². The Bertz CT molecular complexity index is 1050. The number of nitrogens with zero attached hydrogens (tertiary/aromatic N) is 4. The molecule has 1 aliphatic heterocycles. The summed E-state index contributed by atoms with van der Waals surface area (Å²) >= 11 is 0. The van der Waals surface area contributed by atoms with Gasteiger partial charge >= 0.3 is 0 Å². The zero-order valence-corrected chi connectivity index (χ0v) is 20.8. The second-order valence-corrected chi connectivity index (χ2v) is 10.8. The minimum atomic E-state index is -0.117. The van der Waals surface area contributed by atoms with E-state index in [9.17, 15) is 4.79 Å². The van der Waals surface area contributed by atoms with Crippen molar-refractivity contribution in [1.29, 1.82) is 0 Å². The van der Waals surface area contributed by atoms with Gasteiger partial charge in [-0.05, 0) is 87.7 Å². The third-order valence-corrected chi connectivity index (χ3v) is 8.76. The van der Waals surface area contributed by atoms with Crippen LogP contribution in [0.1, 0.15) is 69.2 Å². The largest absolute Gasteiger partial charge is 0.477 e. The van der Waals surface area contributed by atoms with E-state index >= 15 is 0 Å². The van der Waals surface area contributed by atoms with Gasteiger partial charge in [-0.2, -0.15) is 0 Å².